The molecule has 0 N–H and O–H groups in total. The molecule has 1 radical (unpaired) electrons. The molecule has 0 fully saturated rings. The summed E-state index contributed by atoms with van der Waals surface area (Å²) in [7, 11) is 1.67. The minimum absolute atomic E-state index is 1.17. The minimum Gasteiger partial charge on any atom is -0.155 e. The quantitative estimate of drug-likeness (QED) is 0.315. The Labute approximate surface area is 39.3 Å². The van der Waals surface area contributed by atoms with Gasteiger partial charge in [-0.3, -0.25) is 0 Å². The van der Waals surface area contributed by atoms with Crippen molar-refractivity contribution in [2.45, 2.75) is 0 Å². The van der Waals surface area contributed by atoms with Crippen molar-refractivity contribution in [2.75, 3.05) is 0 Å². The first-order valence-electron chi connectivity index (χ1n) is 0.845. The van der Waals surface area contributed by atoms with Crippen LogP contribution in [0.15, 0.2) is 0 Å². The van der Waals surface area contributed by atoms with E-state index in [9.17, 15) is 0 Å². The van der Waals surface area contributed by atoms with Crippen LogP contribution in [0.5, 0.6) is 0 Å². The van der Waals surface area contributed by atoms with Crippen LogP contribution in [0.3, 0.4) is 0 Å². The van der Waals surface area contributed by atoms with Gasteiger partial charge in [-0.15, -0.1) is 0 Å². The molecule has 0 aliphatic rings. The van der Waals surface area contributed by atoms with Crippen molar-refractivity contribution >= 4 is 38.9 Å². The highest BCUT2D eigenvalue weighted by Crippen LogP contribution is 1.83. The Kier molecular flexibility index (Phi) is 2.84. The molecule has 0 spiro atoms. The number of hydrogen-bond donors (Lipinski definition) is 0. The van der Waals surface area contributed by atoms with Gasteiger partial charge in [-0.25, -0.2) is 0 Å². The molecule has 0 bridgehead atoms. The molecule has 4 heteroatoms. The van der Waals surface area contributed by atoms with E-state index in [4.69, 9.17) is 22.2 Å². The molecular weight excluding hydrogens is 127 g/mol. The van der Waals surface area contributed by atoms with Crippen LogP contribution in [0.25, 0.3) is 0 Å². The van der Waals surface area contributed by atoms with Crippen LogP contribution in [0.1, 0.15) is 0 Å². The lowest BCUT2D eigenvalue weighted by Gasteiger charge is -1.68. The van der Waals surface area contributed by atoms with Crippen LogP contribution >= 0.6 is 22.2 Å². The van der Waals surface area contributed by atoms with Gasteiger partial charge in [0.2, 0.25) is 6.93 Å². The van der Waals surface area contributed by atoms with Gasteiger partial charge < -0.3 is 0 Å². The van der Waals surface area contributed by atoms with E-state index in [0.29, 0.717) is 0 Å². The smallest absolute Gasteiger partial charge is 0.155 e. The summed E-state index contributed by atoms with van der Waals surface area (Å²) in [4.78, 5) is 0. The zero-order chi connectivity index (χ0) is 3.58. The molecule has 0 rings (SSSR count). The molecule has 0 atom stereocenters. The van der Waals surface area contributed by atoms with E-state index in [1.807, 2.05) is 0 Å². The number of hydrogen-bond acceptors (Lipinski definition) is 0. The standard InChI is InChI=1S/Cl2H3Si2/c1-4(2)3/h4H,3H2. The highest BCUT2D eigenvalue weighted by atomic mass is 35.7. The lowest BCUT2D eigenvalue weighted by atomic mass is 27.0. The van der Waals surface area contributed by atoms with Crippen molar-refractivity contribution in [3.63, 3.8) is 0 Å². The lowest BCUT2D eigenvalue weighted by molar-refractivity contribution is 4.05. The van der Waals surface area contributed by atoms with Crippen LogP contribution in [-0.2, 0) is 0 Å². The fraction of sp³-hybridized carbons (Fsp3) is 0. The summed E-state index contributed by atoms with van der Waals surface area (Å²) in [6.45, 7) is -1.17. The average Bonchev–Trinajstić information content (AvgIpc) is 0.811. The summed E-state index contributed by atoms with van der Waals surface area (Å²) in [5.74, 6) is 0. The summed E-state index contributed by atoms with van der Waals surface area (Å²) >= 11 is 10.4. The van der Waals surface area contributed by atoms with E-state index in [-0.39, 0.29) is 0 Å². The molecule has 0 aliphatic carbocycles. The van der Waals surface area contributed by atoms with E-state index in [2.05, 4.69) is 0 Å². The van der Waals surface area contributed by atoms with Gasteiger partial charge in [0.05, 0.1) is 0 Å². The first-order chi connectivity index (χ1) is 1.73. The van der Waals surface area contributed by atoms with Crippen LogP contribution in [0.2, 0.25) is 0 Å². The van der Waals surface area contributed by atoms with Crippen molar-refractivity contribution in [1.82, 2.24) is 0 Å². The van der Waals surface area contributed by atoms with Gasteiger partial charge in [0, 0.05) is 9.76 Å². The molecule has 0 aromatic carbocycles. The van der Waals surface area contributed by atoms with Gasteiger partial charge in [-0.1, -0.05) is 0 Å². The minimum atomic E-state index is -1.17. The molecule has 0 aliphatic heterocycles. The van der Waals surface area contributed by atoms with E-state index in [1.54, 1.807) is 9.76 Å². The lowest BCUT2D eigenvalue weighted by Crippen LogP contribution is -1.85. The first-order valence-corrected chi connectivity index (χ1v) is 7.60. The molecule has 0 saturated heterocycles. The van der Waals surface area contributed by atoms with E-state index in [0.717, 1.165) is 0 Å². The summed E-state index contributed by atoms with van der Waals surface area (Å²) in [5, 5.41) is 0. The van der Waals surface area contributed by atoms with Gasteiger partial charge in [0.25, 0.3) is 0 Å². The van der Waals surface area contributed by atoms with Crippen LogP contribution in [0, 0.1) is 0 Å². The molecule has 0 unspecified atom stereocenters. The van der Waals surface area contributed by atoms with Crippen LogP contribution in [-0.4, -0.2) is 16.7 Å². The summed E-state index contributed by atoms with van der Waals surface area (Å²) in [6, 6.07) is 0. The maximum absolute atomic E-state index is 5.19. The Hall–Kier alpha value is 1.01. The zero-order valence-electron chi connectivity index (χ0n) is 2.04. The molecule has 0 amide bonds. The third-order valence-electron chi connectivity index (χ3n) is 0. The molecule has 0 aromatic heterocycles. The van der Waals surface area contributed by atoms with Crippen LogP contribution in [0.4, 0.5) is 0 Å². The van der Waals surface area contributed by atoms with Crippen molar-refractivity contribution in [1.29, 1.82) is 0 Å². The zero-order valence-corrected chi connectivity index (χ0v) is 6.12. The van der Waals surface area contributed by atoms with E-state index < -0.39 is 6.93 Å². The van der Waals surface area contributed by atoms with Crippen LogP contribution < -0.4 is 0 Å². The second-order valence-electron chi connectivity index (χ2n) is 0.391. The van der Waals surface area contributed by atoms with E-state index in [1.165, 1.54) is 0 Å². The van der Waals surface area contributed by atoms with Crippen molar-refractivity contribution in [2.24, 2.45) is 0 Å². The Bertz CT molecular complexity index is 8.75. The highest BCUT2D eigenvalue weighted by molar-refractivity contribution is 7.52. The number of halogens is 2. The fourth-order valence-corrected chi connectivity index (χ4v) is 0. The molecule has 25 valence electrons. The first kappa shape index (κ1) is 5.01. The summed E-state index contributed by atoms with van der Waals surface area (Å²) in [5.41, 5.74) is 0. The van der Waals surface area contributed by atoms with Crippen molar-refractivity contribution in [3.05, 3.63) is 0 Å². The molecule has 0 saturated carbocycles. The summed E-state index contributed by atoms with van der Waals surface area (Å²) in [6.07, 6.45) is 0. The predicted molar refractivity (Wildman–Crippen MR) is 27.4 cm³/mol. The van der Waals surface area contributed by atoms with Gasteiger partial charge in [-0.05, 0) is 0 Å². The SMILES string of the molecule is [SiH2][SiH](Cl)Cl. The topological polar surface area (TPSA) is 0 Å². The van der Waals surface area contributed by atoms with Gasteiger partial charge >= 0.3 is 0 Å². The summed E-state index contributed by atoms with van der Waals surface area (Å²) < 4.78 is 0. The van der Waals surface area contributed by atoms with E-state index >= 15 is 0 Å². The normalized spacial score (nSPS) is 9.00. The Morgan fingerprint density at radius 2 is 1.50 bits per heavy atom. The average molecular weight is 130 g/mol. The van der Waals surface area contributed by atoms with Crippen molar-refractivity contribution in [3.8, 4) is 0 Å². The highest BCUT2D eigenvalue weighted by Gasteiger charge is 1.80. The molecule has 0 aromatic rings. The maximum atomic E-state index is 5.19. The number of rotatable bonds is 0. The van der Waals surface area contributed by atoms with Gasteiger partial charge in [-0.2, -0.15) is 22.2 Å². The Balaban J connectivity index is 2.32. The second kappa shape index (κ2) is 2.26. The van der Waals surface area contributed by atoms with Gasteiger partial charge in [0.1, 0.15) is 0 Å². The maximum Gasteiger partial charge on any atom is 0.214 e. The largest absolute Gasteiger partial charge is 0.214 e. The molecule has 0 heterocycles. The Morgan fingerprint density at radius 3 is 1.50 bits per heavy atom. The third kappa shape index (κ3) is 11.9. The molecular formula is H3Cl2Si2. The van der Waals surface area contributed by atoms with Gasteiger partial charge in [0.15, 0.2) is 0 Å². The molecule has 4 heavy (non-hydrogen) atoms. The Morgan fingerprint density at radius 1 is 1.50 bits per heavy atom. The van der Waals surface area contributed by atoms with Crippen molar-refractivity contribution < 1.29 is 0 Å². The fourth-order valence-electron chi connectivity index (χ4n) is 0. The predicted octanol–water partition coefficient (Wildman–Crippen LogP) is -0.186. The third-order valence-corrected chi connectivity index (χ3v) is 0. The molecule has 0 nitrogen and oxygen atoms in total. The second-order valence-corrected chi connectivity index (χ2v) is 10.6. The monoisotopic (exact) mass is 129 g/mol.